The summed E-state index contributed by atoms with van der Waals surface area (Å²) in [5, 5.41) is 7.28. The third-order valence-electron chi connectivity index (χ3n) is 1.63. The molecule has 0 aliphatic heterocycles. The molecule has 2 aromatic rings. The van der Waals surface area contributed by atoms with Crippen LogP contribution in [0.3, 0.4) is 0 Å². The van der Waals surface area contributed by atoms with Crippen LogP contribution in [0.5, 0.6) is 0 Å². The molecule has 14 heavy (non-hydrogen) atoms. The Morgan fingerprint density at radius 2 is 2.36 bits per heavy atom. The van der Waals surface area contributed by atoms with Crippen LogP contribution in [-0.2, 0) is 0 Å². The average Bonchev–Trinajstić information content (AvgIpc) is 2.77. The van der Waals surface area contributed by atoms with Gasteiger partial charge in [-0.15, -0.1) is 22.8 Å². The number of carbonyl (C=O) groups is 1. The van der Waals surface area contributed by atoms with E-state index in [1.165, 1.54) is 12.3 Å². The molecule has 0 amide bonds. The molecule has 6 nitrogen and oxygen atoms in total. The maximum Gasteiger partial charge on any atom is 0.267 e. The van der Waals surface area contributed by atoms with Crippen LogP contribution in [0.2, 0.25) is 0 Å². The summed E-state index contributed by atoms with van der Waals surface area (Å²) in [6.07, 6.45) is 1.39. The van der Waals surface area contributed by atoms with Crippen molar-refractivity contribution in [3.63, 3.8) is 0 Å². The van der Waals surface area contributed by atoms with Gasteiger partial charge in [-0.3, -0.25) is 4.79 Å². The van der Waals surface area contributed by atoms with Crippen molar-refractivity contribution >= 4 is 18.4 Å². The van der Waals surface area contributed by atoms with Gasteiger partial charge >= 0.3 is 0 Å². The molecule has 2 N–H and O–H groups in total. The number of rotatable bonds is 2. The number of furan rings is 1. The number of nitrogens with two attached hydrogens (primary N) is 1. The van der Waals surface area contributed by atoms with Crippen LogP contribution in [0.1, 0.15) is 16.4 Å². The lowest BCUT2D eigenvalue weighted by molar-refractivity contribution is 0.0996. The zero-order valence-electron chi connectivity index (χ0n) is 6.91. The number of hydrogen-bond acceptors (Lipinski definition) is 6. The highest BCUT2D eigenvalue weighted by Crippen LogP contribution is 2.09. The van der Waals surface area contributed by atoms with E-state index in [1.54, 1.807) is 6.07 Å². The van der Waals surface area contributed by atoms with Crippen LogP contribution in [0.15, 0.2) is 28.0 Å². The lowest BCUT2D eigenvalue weighted by Gasteiger charge is -1.96. The van der Waals surface area contributed by atoms with E-state index in [9.17, 15) is 4.79 Å². The Kier molecular flexibility index (Phi) is 2.01. The summed E-state index contributed by atoms with van der Waals surface area (Å²) in [7, 11) is 0. The van der Waals surface area contributed by atoms with Crippen molar-refractivity contribution in [3.8, 4) is 0 Å². The van der Waals surface area contributed by atoms with Crippen molar-refractivity contribution in [3.05, 3.63) is 30.0 Å². The second-order valence-corrected chi connectivity index (χ2v) is 2.90. The topological polar surface area (TPSA) is 86.9 Å². The molecule has 7 heteroatoms. The molecule has 0 spiro atoms. The zero-order chi connectivity index (χ0) is 10.1. The van der Waals surface area contributed by atoms with Crippen LogP contribution in [0.4, 0.5) is 0 Å². The number of aromatic nitrogens is 3. The van der Waals surface area contributed by atoms with Gasteiger partial charge in [0.25, 0.3) is 5.78 Å². The molecule has 0 bridgehead atoms. The molecule has 0 fully saturated rings. The molecule has 0 aliphatic rings. The van der Waals surface area contributed by atoms with Crippen LogP contribution in [0.25, 0.3) is 0 Å². The van der Waals surface area contributed by atoms with E-state index in [4.69, 9.17) is 10.3 Å². The van der Waals surface area contributed by atoms with Gasteiger partial charge in [0.05, 0.1) is 6.26 Å². The third-order valence-corrected chi connectivity index (χ3v) is 1.93. The Morgan fingerprint density at radius 3 is 2.86 bits per heavy atom. The van der Waals surface area contributed by atoms with Crippen molar-refractivity contribution in [2.45, 2.75) is 5.16 Å². The van der Waals surface area contributed by atoms with E-state index < -0.39 is 5.78 Å². The Morgan fingerprint density at radius 1 is 1.57 bits per heavy atom. The molecular weight excluding hydrogens is 204 g/mol. The van der Waals surface area contributed by atoms with Gasteiger partial charge in [-0.2, -0.15) is 0 Å². The fraction of sp³-hybridized carbons (Fsp3) is 0. The first-order valence-corrected chi connectivity index (χ1v) is 4.12. The second kappa shape index (κ2) is 3.18. The number of ketones is 1. The summed E-state index contributed by atoms with van der Waals surface area (Å²) in [5.74, 6) is 5.19. The predicted octanol–water partition coefficient (Wildman–Crippen LogP) is 0.105. The largest absolute Gasteiger partial charge is 0.461 e. The molecule has 0 aliphatic carbocycles. The van der Waals surface area contributed by atoms with Gasteiger partial charge in [-0.1, -0.05) is 0 Å². The monoisotopic (exact) mass is 210 g/mol. The van der Waals surface area contributed by atoms with Crippen molar-refractivity contribution in [1.29, 1.82) is 0 Å². The minimum atomic E-state index is -0.426. The second-order valence-electron chi connectivity index (χ2n) is 2.50. The molecule has 0 saturated carbocycles. The normalized spacial score (nSPS) is 10.4. The van der Waals surface area contributed by atoms with Gasteiger partial charge in [0, 0.05) is 0 Å². The van der Waals surface area contributed by atoms with E-state index in [0.29, 0.717) is 0 Å². The first kappa shape index (κ1) is 8.82. The van der Waals surface area contributed by atoms with Crippen molar-refractivity contribution in [1.82, 2.24) is 14.9 Å². The van der Waals surface area contributed by atoms with Crippen LogP contribution >= 0.6 is 12.6 Å². The number of nitrogens with zero attached hydrogens (tertiary/aromatic N) is 3. The van der Waals surface area contributed by atoms with Crippen molar-refractivity contribution in [2.75, 3.05) is 5.84 Å². The zero-order valence-corrected chi connectivity index (χ0v) is 7.81. The van der Waals surface area contributed by atoms with Crippen LogP contribution in [-0.4, -0.2) is 20.7 Å². The summed E-state index contributed by atoms with van der Waals surface area (Å²) >= 11 is 3.89. The molecular formula is C7H6N4O2S. The smallest absolute Gasteiger partial charge is 0.267 e. The minimum Gasteiger partial charge on any atom is -0.461 e. The number of nitrogen functional groups attached to an aromatic ring is 1. The van der Waals surface area contributed by atoms with Gasteiger partial charge in [-0.25, -0.2) is 4.68 Å². The molecule has 2 rings (SSSR count). The highest BCUT2D eigenvalue weighted by molar-refractivity contribution is 7.80. The summed E-state index contributed by atoms with van der Waals surface area (Å²) in [6.45, 7) is 0. The molecule has 0 atom stereocenters. The van der Waals surface area contributed by atoms with Gasteiger partial charge in [0.1, 0.15) is 0 Å². The summed E-state index contributed by atoms with van der Waals surface area (Å²) in [4.78, 5) is 11.6. The average molecular weight is 210 g/mol. The SMILES string of the molecule is Nn1c(S)nnc1C(=O)c1ccco1. The molecule has 0 aromatic carbocycles. The van der Waals surface area contributed by atoms with E-state index in [0.717, 1.165) is 4.68 Å². The van der Waals surface area contributed by atoms with Crippen LogP contribution < -0.4 is 5.84 Å². The first-order chi connectivity index (χ1) is 6.70. The Bertz CT molecular complexity index is 462. The Balaban J connectivity index is 2.42. The Hall–Kier alpha value is -1.76. The van der Waals surface area contributed by atoms with E-state index >= 15 is 0 Å². The number of thiol groups is 1. The molecule has 0 radical (unpaired) electrons. The standard InChI is InChI=1S/C7H6N4O2S/c8-11-6(9-10-7(11)14)5(12)4-2-1-3-13-4/h1-3H,8H2,(H,10,14). The van der Waals surface area contributed by atoms with Gasteiger partial charge in [0.15, 0.2) is 5.76 Å². The fourth-order valence-corrected chi connectivity index (χ4v) is 1.10. The number of hydrogen-bond donors (Lipinski definition) is 2. The maximum atomic E-state index is 11.6. The van der Waals surface area contributed by atoms with E-state index in [2.05, 4.69) is 22.8 Å². The predicted molar refractivity (Wildman–Crippen MR) is 49.6 cm³/mol. The van der Waals surface area contributed by atoms with Crippen molar-refractivity contribution in [2.24, 2.45) is 0 Å². The highest BCUT2D eigenvalue weighted by atomic mass is 32.1. The van der Waals surface area contributed by atoms with E-state index in [-0.39, 0.29) is 16.7 Å². The summed E-state index contributed by atoms with van der Waals surface area (Å²) in [6, 6.07) is 3.13. The van der Waals surface area contributed by atoms with Crippen LogP contribution in [0, 0.1) is 0 Å². The molecule has 2 aromatic heterocycles. The lowest BCUT2D eigenvalue weighted by Crippen LogP contribution is -2.17. The van der Waals surface area contributed by atoms with Gasteiger partial charge in [-0.05, 0) is 12.1 Å². The van der Waals surface area contributed by atoms with Crippen molar-refractivity contribution < 1.29 is 9.21 Å². The summed E-state index contributed by atoms with van der Waals surface area (Å²) in [5.41, 5.74) is 0. The minimum absolute atomic E-state index is 0.00931. The molecule has 0 unspecified atom stereocenters. The van der Waals surface area contributed by atoms with Gasteiger partial charge < -0.3 is 10.3 Å². The quantitative estimate of drug-likeness (QED) is 0.417. The van der Waals surface area contributed by atoms with Gasteiger partial charge in [0.2, 0.25) is 11.0 Å². The summed E-state index contributed by atoms with van der Waals surface area (Å²) < 4.78 is 5.90. The Labute approximate surface area is 84.1 Å². The third kappa shape index (κ3) is 1.27. The molecule has 0 saturated heterocycles. The first-order valence-electron chi connectivity index (χ1n) is 3.68. The maximum absolute atomic E-state index is 11.6. The highest BCUT2D eigenvalue weighted by Gasteiger charge is 2.19. The number of carbonyl (C=O) groups excluding carboxylic acids is 1. The van der Waals surface area contributed by atoms with E-state index in [1.807, 2.05) is 0 Å². The molecule has 72 valence electrons. The lowest BCUT2D eigenvalue weighted by atomic mass is 10.3. The molecule has 2 heterocycles. The fourth-order valence-electron chi connectivity index (χ4n) is 0.956.